The molecule has 1 aromatic heterocycles. The van der Waals surface area contributed by atoms with E-state index in [2.05, 4.69) is 5.32 Å². The molecule has 2 fully saturated rings. The maximum absolute atomic E-state index is 12.7. The van der Waals surface area contributed by atoms with Crippen LogP contribution in [0.3, 0.4) is 0 Å². The summed E-state index contributed by atoms with van der Waals surface area (Å²) in [5, 5.41) is 4.70. The quantitative estimate of drug-likeness (QED) is 0.825. The highest BCUT2D eigenvalue weighted by molar-refractivity contribution is 7.93. The van der Waals surface area contributed by atoms with Gasteiger partial charge >= 0.3 is 0 Å². The van der Waals surface area contributed by atoms with Gasteiger partial charge in [0, 0.05) is 18.8 Å². The van der Waals surface area contributed by atoms with Crippen LogP contribution >= 0.6 is 11.3 Å². The summed E-state index contributed by atoms with van der Waals surface area (Å²) in [6.07, 6.45) is 2.05. The number of likely N-dealkylation sites (tertiary alicyclic amines) is 1. The summed E-state index contributed by atoms with van der Waals surface area (Å²) in [4.78, 5) is 27.6. The molecule has 9 heteroatoms. The van der Waals surface area contributed by atoms with E-state index in [1.54, 1.807) is 35.2 Å². The second kappa shape index (κ2) is 7.56. The first-order valence-electron chi connectivity index (χ1n) is 9.21. The SMILES string of the molecule is O=C(Nc1ccc(N2CCCS2(=O)=O)cc1)[C@@H]1CCCN1C(=O)c1cccs1. The van der Waals surface area contributed by atoms with Gasteiger partial charge in [0.2, 0.25) is 15.9 Å². The van der Waals surface area contributed by atoms with Crippen LogP contribution in [0.2, 0.25) is 0 Å². The lowest BCUT2D eigenvalue weighted by atomic mass is 10.2. The lowest BCUT2D eigenvalue weighted by Gasteiger charge is -2.23. The largest absolute Gasteiger partial charge is 0.326 e. The number of nitrogens with zero attached hydrogens (tertiary/aromatic N) is 2. The Morgan fingerprint density at radius 2 is 1.86 bits per heavy atom. The van der Waals surface area contributed by atoms with Gasteiger partial charge in [-0.2, -0.15) is 0 Å². The Bertz CT molecular complexity index is 971. The third-order valence-corrected chi connectivity index (χ3v) is 7.80. The van der Waals surface area contributed by atoms with Crippen LogP contribution in [-0.4, -0.2) is 50.0 Å². The fourth-order valence-electron chi connectivity index (χ4n) is 3.69. The molecule has 2 saturated heterocycles. The average Bonchev–Trinajstić information content (AvgIpc) is 3.42. The van der Waals surface area contributed by atoms with Crippen molar-refractivity contribution in [3.05, 3.63) is 46.7 Å². The van der Waals surface area contributed by atoms with Gasteiger partial charge in [-0.05, 0) is 55.0 Å². The van der Waals surface area contributed by atoms with Gasteiger partial charge in [-0.25, -0.2) is 8.42 Å². The molecule has 0 bridgehead atoms. The summed E-state index contributed by atoms with van der Waals surface area (Å²) in [6.45, 7) is 1.05. The van der Waals surface area contributed by atoms with Crippen molar-refractivity contribution >= 4 is 44.5 Å². The lowest BCUT2D eigenvalue weighted by Crippen LogP contribution is -2.42. The maximum Gasteiger partial charge on any atom is 0.264 e. The molecule has 0 spiro atoms. The third kappa shape index (κ3) is 3.64. The summed E-state index contributed by atoms with van der Waals surface area (Å²) < 4.78 is 25.4. The number of carbonyl (C=O) groups is 2. The van der Waals surface area contributed by atoms with Gasteiger partial charge in [-0.15, -0.1) is 11.3 Å². The van der Waals surface area contributed by atoms with Crippen LogP contribution in [0, 0.1) is 0 Å². The Labute approximate surface area is 168 Å². The minimum Gasteiger partial charge on any atom is -0.326 e. The molecule has 3 heterocycles. The Hall–Kier alpha value is -2.39. The van der Waals surface area contributed by atoms with E-state index in [4.69, 9.17) is 0 Å². The van der Waals surface area contributed by atoms with Gasteiger partial charge in [-0.3, -0.25) is 13.9 Å². The predicted molar refractivity (Wildman–Crippen MR) is 109 cm³/mol. The molecule has 1 N–H and O–H groups in total. The Kier molecular flexibility index (Phi) is 5.11. The van der Waals surface area contributed by atoms with Crippen LogP contribution in [0.5, 0.6) is 0 Å². The number of thiophene rings is 1. The number of benzene rings is 1. The fraction of sp³-hybridized carbons (Fsp3) is 0.368. The summed E-state index contributed by atoms with van der Waals surface area (Å²) >= 11 is 1.37. The highest BCUT2D eigenvalue weighted by Crippen LogP contribution is 2.27. The Morgan fingerprint density at radius 3 is 2.50 bits per heavy atom. The van der Waals surface area contributed by atoms with Crippen molar-refractivity contribution in [3.63, 3.8) is 0 Å². The molecule has 2 aliphatic heterocycles. The number of sulfonamides is 1. The van der Waals surface area contributed by atoms with Gasteiger partial charge in [0.25, 0.3) is 5.91 Å². The van der Waals surface area contributed by atoms with Crippen molar-refractivity contribution in [2.45, 2.75) is 25.3 Å². The second-order valence-electron chi connectivity index (χ2n) is 6.91. The van der Waals surface area contributed by atoms with E-state index in [9.17, 15) is 18.0 Å². The summed E-state index contributed by atoms with van der Waals surface area (Å²) in [6, 6.07) is 9.89. The third-order valence-electron chi connectivity index (χ3n) is 5.07. The number of amides is 2. The molecule has 2 aliphatic rings. The molecule has 0 unspecified atom stereocenters. The Balaban J connectivity index is 1.44. The zero-order valence-electron chi connectivity index (χ0n) is 15.2. The van der Waals surface area contributed by atoms with E-state index >= 15 is 0 Å². The van der Waals surface area contributed by atoms with Crippen molar-refractivity contribution in [1.29, 1.82) is 0 Å². The van der Waals surface area contributed by atoms with Crippen LogP contribution in [-0.2, 0) is 14.8 Å². The van der Waals surface area contributed by atoms with E-state index in [-0.39, 0.29) is 17.6 Å². The second-order valence-corrected chi connectivity index (χ2v) is 9.87. The molecule has 2 amide bonds. The number of nitrogens with one attached hydrogen (secondary N) is 1. The van der Waals surface area contributed by atoms with Gasteiger partial charge in [0.15, 0.2) is 0 Å². The monoisotopic (exact) mass is 419 g/mol. The molecule has 4 rings (SSSR count). The molecule has 0 radical (unpaired) electrons. The maximum atomic E-state index is 12.7. The molecule has 1 aromatic carbocycles. The van der Waals surface area contributed by atoms with Crippen molar-refractivity contribution in [3.8, 4) is 0 Å². The van der Waals surface area contributed by atoms with Crippen molar-refractivity contribution in [2.24, 2.45) is 0 Å². The van der Waals surface area contributed by atoms with E-state index in [1.807, 2.05) is 11.4 Å². The highest BCUT2D eigenvalue weighted by atomic mass is 32.2. The van der Waals surface area contributed by atoms with Crippen molar-refractivity contribution in [1.82, 2.24) is 4.90 Å². The fourth-order valence-corrected chi connectivity index (χ4v) is 5.93. The first-order chi connectivity index (χ1) is 13.5. The molecule has 0 aliphatic carbocycles. The molecule has 148 valence electrons. The zero-order valence-corrected chi connectivity index (χ0v) is 16.8. The predicted octanol–water partition coefficient (Wildman–Crippen LogP) is 2.53. The van der Waals surface area contributed by atoms with E-state index in [1.165, 1.54) is 15.6 Å². The van der Waals surface area contributed by atoms with E-state index in [0.29, 0.717) is 42.2 Å². The first-order valence-corrected chi connectivity index (χ1v) is 11.7. The van der Waals surface area contributed by atoms with Crippen LogP contribution in [0.1, 0.15) is 28.9 Å². The van der Waals surface area contributed by atoms with Gasteiger partial charge in [0.1, 0.15) is 6.04 Å². The zero-order chi connectivity index (χ0) is 19.7. The van der Waals surface area contributed by atoms with E-state index < -0.39 is 16.1 Å². The van der Waals surface area contributed by atoms with Crippen molar-refractivity contribution < 1.29 is 18.0 Å². The van der Waals surface area contributed by atoms with Crippen molar-refractivity contribution in [2.75, 3.05) is 28.5 Å². The minimum atomic E-state index is -3.22. The van der Waals surface area contributed by atoms with E-state index in [0.717, 1.165) is 6.42 Å². The van der Waals surface area contributed by atoms with Gasteiger partial charge in [0.05, 0.1) is 16.3 Å². The van der Waals surface area contributed by atoms with Gasteiger partial charge < -0.3 is 10.2 Å². The number of carbonyl (C=O) groups excluding carboxylic acids is 2. The molecule has 7 nitrogen and oxygen atoms in total. The highest BCUT2D eigenvalue weighted by Gasteiger charge is 2.35. The molecular weight excluding hydrogens is 398 g/mol. The van der Waals surface area contributed by atoms with Crippen LogP contribution < -0.4 is 9.62 Å². The molecule has 2 aromatic rings. The lowest BCUT2D eigenvalue weighted by molar-refractivity contribution is -0.119. The number of anilines is 2. The molecular formula is C19H21N3O4S2. The minimum absolute atomic E-state index is 0.109. The Morgan fingerprint density at radius 1 is 1.07 bits per heavy atom. The summed E-state index contributed by atoms with van der Waals surface area (Å²) in [7, 11) is -3.22. The summed E-state index contributed by atoms with van der Waals surface area (Å²) in [5.74, 6) is -0.160. The standard InChI is InChI=1S/C19H21N3O4S2/c23-18(16-4-1-10-21(16)19(24)17-5-2-12-27-17)20-14-6-8-15(9-7-14)22-11-3-13-28(22,25)26/h2,5-9,12,16H,1,3-4,10-11,13H2,(H,20,23)/t16-/m0/s1. The number of hydrogen-bond donors (Lipinski definition) is 1. The normalized spacial score (nSPS) is 21.1. The number of hydrogen-bond acceptors (Lipinski definition) is 5. The van der Waals surface area contributed by atoms with Gasteiger partial charge in [-0.1, -0.05) is 6.07 Å². The first kappa shape index (κ1) is 18.9. The summed E-state index contributed by atoms with van der Waals surface area (Å²) in [5.41, 5.74) is 1.19. The average molecular weight is 420 g/mol. The molecule has 0 saturated carbocycles. The molecule has 28 heavy (non-hydrogen) atoms. The van der Waals surface area contributed by atoms with Crippen LogP contribution in [0.25, 0.3) is 0 Å². The molecule has 1 atom stereocenters. The van der Waals surface area contributed by atoms with Crippen LogP contribution in [0.15, 0.2) is 41.8 Å². The smallest absolute Gasteiger partial charge is 0.264 e. The van der Waals surface area contributed by atoms with Crippen LogP contribution in [0.4, 0.5) is 11.4 Å². The number of rotatable bonds is 4. The topological polar surface area (TPSA) is 86.8 Å².